The Hall–Kier alpha value is -1.30. The highest BCUT2D eigenvalue weighted by Gasteiger charge is 2.31. The Labute approximate surface area is 101 Å². The molecule has 6 heteroatoms. The summed E-state index contributed by atoms with van der Waals surface area (Å²) in [7, 11) is 0. The van der Waals surface area contributed by atoms with Gasteiger partial charge in [-0.3, -0.25) is 0 Å². The highest BCUT2D eigenvalue weighted by atomic mass is 32.1. The number of anilines is 1. The van der Waals surface area contributed by atoms with Crippen molar-refractivity contribution >= 4 is 27.4 Å². The van der Waals surface area contributed by atoms with Crippen molar-refractivity contribution in [3.63, 3.8) is 0 Å². The number of nitrogens with zero attached hydrogens (tertiary/aromatic N) is 3. The molecule has 2 aromatic rings. The van der Waals surface area contributed by atoms with Gasteiger partial charge in [0.2, 0.25) is 6.43 Å². The smallest absolute Gasteiger partial charge is 0.243 e. The van der Waals surface area contributed by atoms with E-state index in [4.69, 9.17) is 0 Å². The Kier molecular flexibility index (Phi) is 2.66. The summed E-state index contributed by atoms with van der Waals surface area (Å²) in [6, 6.07) is 1.92. The van der Waals surface area contributed by atoms with E-state index < -0.39 is 12.3 Å². The van der Waals surface area contributed by atoms with Crippen LogP contribution in [0.15, 0.2) is 17.8 Å². The molecule has 1 unspecified atom stereocenters. The Balaban J connectivity index is 1.92. The molecule has 0 aromatic carbocycles. The normalized spacial score (nSPS) is 20.6. The average Bonchev–Trinajstić information content (AvgIpc) is 2.97. The van der Waals surface area contributed by atoms with E-state index in [0.717, 1.165) is 16.0 Å². The first-order valence-electron chi connectivity index (χ1n) is 5.47. The van der Waals surface area contributed by atoms with Gasteiger partial charge in [-0.25, -0.2) is 18.7 Å². The van der Waals surface area contributed by atoms with Crippen molar-refractivity contribution in [3.05, 3.63) is 17.8 Å². The van der Waals surface area contributed by atoms with Crippen LogP contribution in [0.1, 0.15) is 6.42 Å². The summed E-state index contributed by atoms with van der Waals surface area (Å²) in [6.07, 6.45) is -0.199. The zero-order valence-corrected chi connectivity index (χ0v) is 9.83. The number of thiophene rings is 1. The fraction of sp³-hybridized carbons (Fsp3) is 0.455. The van der Waals surface area contributed by atoms with Crippen LogP contribution in [0.25, 0.3) is 10.2 Å². The quantitative estimate of drug-likeness (QED) is 0.826. The van der Waals surface area contributed by atoms with E-state index in [-0.39, 0.29) is 0 Å². The molecule has 0 amide bonds. The van der Waals surface area contributed by atoms with E-state index in [1.54, 1.807) is 11.3 Å². The topological polar surface area (TPSA) is 29.0 Å². The largest absolute Gasteiger partial charge is 0.355 e. The maximum Gasteiger partial charge on any atom is 0.243 e. The van der Waals surface area contributed by atoms with Gasteiger partial charge in [-0.15, -0.1) is 11.3 Å². The van der Waals surface area contributed by atoms with E-state index in [1.165, 1.54) is 6.33 Å². The van der Waals surface area contributed by atoms with E-state index in [1.807, 2.05) is 16.3 Å². The van der Waals surface area contributed by atoms with Crippen LogP contribution in [0, 0.1) is 5.92 Å². The van der Waals surface area contributed by atoms with Crippen LogP contribution < -0.4 is 4.90 Å². The van der Waals surface area contributed by atoms with Crippen LogP contribution in [-0.2, 0) is 0 Å². The molecule has 0 bridgehead atoms. The average molecular weight is 255 g/mol. The molecule has 0 aliphatic carbocycles. The van der Waals surface area contributed by atoms with Crippen LogP contribution in [0.3, 0.4) is 0 Å². The minimum Gasteiger partial charge on any atom is -0.355 e. The standard InChI is InChI=1S/C11H11F2N3S/c12-10(13)7-1-3-16(5-7)11-9-8(2-4-17-9)14-6-15-11/h2,4,6-7,10H,1,3,5H2. The SMILES string of the molecule is FC(F)C1CCN(c2ncnc3ccsc23)C1. The lowest BCUT2D eigenvalue weighted by atomic mass is 10.1. The summed E-state index contributed by atoms with van der Waals surface area (Å²) >= 11 is 1.56. The van der Waals surface area contributed by atoms with Gasteiger partial charge < -0.3 is 4.90 Å². The molecule has 2 aromatic heterocycles. The molecule has 1 atom stereocenters. The summed E-state index contributed by atoms with van der Waals surface area (Å²) in [6.45, 7) is 1.04. The van der Waals surface area contributed by atoms with Crippen LogP contribution in [-0.4, -0.2) is 29.5 Å². The molecule has 3 nitrogen and oxygen atoms in total. The number of fused-ring (bicyclic) bond motifs is 1. The van der Waals surface area contributed by atoms with Crippen LogP contribution in [0.5, 0.6) is 0 Å². The molecule has 0 saturated carbocycles. The number of aromatic nitrogens is 2. The van der Waals surface area contributed by atoms with Gasteiger partial charge in [0.1, 0.15) is 12.1 Å². The van der Waals surface area contributed by atoms with Gasteiger partial charge in [-0.2, -0.15) is 0 Å². The van der Waals surface area contributed by atoms with Crippen molar-refractivity contribution < 1.29 is 8.78 Å². The first kappa shape index (κ1) is 10.8. The number of hydrogen-bond acceptors (Lipinski definition) is 4. The van der Waals surface area contributed by atoms with Crippen molar-refractivity contribution in [3.8, 4) is 0 Å². The van der Waals surface area contributed by atoms with Crippen molar-refractivity contribution in [1.29, 1.82) is 0 Å². The van der Waals surface area contributed by atoms with Gasteiger partial charge >= 0.3 is 0 Å². The summed E-state index contributed by atoms with van der Waals surface area (Å²) in [5, 5.41) is 1.95. The number of alkyl halides is 2. The predicted molar refractivity (Wildman–Crippen MR) is 63.7 cm³/mol. The number of hydrogen-bond donors (Lipinski definition) is 0. The van der Waals surface area contributed by atoms with E-state index in [9.17, 15) is 8.78 Å². The molecule has 17 heavy (non-hydrogen) atoms. The third kappa shape index (κ3) is 1.86. The number of rotatable bonds is 2. The molecular weight excluding hydrogens is 244 g/mol. The minimum atomic E-state index is -2.24. The molecule has 3 rings (SSSR count). The molecule has 1 saturated heterocycles. The lowest BCUT2D eigenvalue weighted by Gasteiger charge is -2.17. The number of halogens is 2. The molecule has 1 fully saturated rings. The van der Waals surface area contributed by atoms with E-state index in [2.05, 4.69) is 9.97 Å². The summed E-state index contributed by atoms with van der Waals surface area (Å²) in [5.41, 5.74) is 0.889. The third-order valence-electron chi connectivity index (χ3n) is 3.10. The zero-order chi connectivity index (χ0) is 11.8. The highest BCUT2D eigenvalue weighted by Crippen LogP contribution is 2.32. The molecule has 0 spiro atoms. The summed E-state index contributed by atoms with van der Waals surface area (Å²) in [4.78, 5) is 10.3. The molecular formula is C11H11F2N3S. The highest BCUT2D eigenvalue weighted by molar-refractivity contribution is 7.17. The predicted octanol–water partition coefficient (Wildman–Crippen LogP) is 2.78. The second kappa shape index (κ2) is 4.18. The van der Waals surface area contributed by atoms with E-state index >= 15 is 0 Å². The van der Waals surface area contributed by atoms with Crippen molar-refractivity contribution in [2.75, 3.05) is 18.0 Å². The maximum absolute atomic E-state index is 12.6. The second-order valence-corrected chi connectivity index (χ2v) is 5.08. The van der Waals surface area contributed by atoms with Crippen LogP contribution in [0.4, 0.5) is 14.6 Å². The zero-order valence-electron chi connectivity index (χ0n) is 9.01. The fourth-order valence-corrected chi connectivity index (χ4v) is 3.05. The Morgan fingerprint density at radius 2 is 2.29 bits per heavy atom. The lowest BCUT2D eigenvalue weighted by Crippen LogP contribution is -2.22. The fourth-order valence-electron chi connectivity index (χ4n) is 2.19. The van der Waals surface area contributed by atoms with Gasteiger partial charge in [0.15, 0.2) is 0 Å². The van der Waals surface area contributed by atoms with Gasteiger partial charge in [0.25, 0.3) is 0 Å². The second-order valence-electron chi connectivity index (χ2n) is 4.16. The Morgan fingerprint density at radius 1 is 1.41 bits per heavy atom. The van der Waals surface area contributed by atoms with E-state index in [0.29, 0.717) is 19.5 Å². The minimum absolute atomic E-state index is 0.391. The summed E-state index contributed by atoms with van der Waals surface area (Å²) in [5.74, 6) is 0.271. The lowest BCUT2D eigenvalue weighted by molar-refractivity contribution is 0.0880. The summed E-state index contributed by atoms with van der Waals surface area (Å²) < 4.78 is 26.2. The van der Waals surface area contributed by atoms with Crippen molar-refractivity contribution in [2.45, 2.75) is 12.8 Å². The Bertz CT molecular complexity index is 528. The van der Waals surface area contributed by atoms with Crippen LogP contribution in [0.2, 0.25) is 0 Å². The molecule has 1 aliphatic heterocycles. The molecule has 1 aliphatic rings. The third-order valence-corrected chi connectivity index (χ3v) is 4.00. The first-order valence-corrected chi connectivity index (χ1v) is 6.35. The van der Waals surface area contributed by atoms with Gasteiger partial charge in [0.05, 0.1) is 10.2 Å². The van der Waals surface area contributed by atoms with Gasteiger partial charge in [-0.1, -0.05) is 0 Å². The first-order chi connectivity index (χ1) is 8.25. The maximum atomic E-state index is 12.6. The van der Waals surface area contributed by atoms with Crippen molar-refractivity contribution in [2.24, 2.45) is 5.92 Å². The Morgan fingerprint density at radius 3 is 3.06 bits per heavy atom. The molecule has 3 heterocycles. The monoisotopic (exact) mass is 255 g/mol. The van der Waals surface area contributed by atoms with Crippen LogP contribution >= 0.6 is 11.3 Å². The van der Waals surface area contributed by atoms with Gasteiger partial charge in [0, 0.05) is 19.0 Å². The molecule has 0 N–H and O–H groups in total. The molecule has 90 valence electrons. The van der Waals surface area contributed by atoms with Gasteiger partial charge in [-0.05, 0) is 17.9 Å². The molecule has 0 radical (unpaired) electrons. The van der Waals surface area contributed by atoms with Crippen molar-refractivity contribution in [1.82, 2.24) is 9.97 Å².